The van der Waals surface area contributed by atoms with Gasteiger partial charge in [0.2, 0.25) is 0 Å². The SMILES string of the molecule is CC(C)(C)OCc1cncs1. The van der Waals surface area contributed by atoms with Crippen molar-refractivity contribution >= 4 is 11.3 Å². The van der Waals surface area contributed by atoms with Crippen molar-refractivity contribution in [3.63, 3.8) is 0 Å². The summed E-state index contributed by atoms with van der Waals surface area (Å²) in [5, 5.41) is 0. The van der Waals surface area contributed by atoms with E-state index in [-0.39, 0.29) is 5.60 Å². The Morgan fingerprint density at radius 3 is 2.73 bits per heavy atom. The largest absolute Gasteiger partial charge is 0.370 e. The van der Waals surface area contributed by atoms with E-state index < -0.39 is 0 Å². The molecule has 0 amide bonds. The Morgan fingerprint density at radius 1 is 1.55 bits per heavy atom. The summed E-state index contributed by atoms with van der Waals surface area (Å²) in [4.78, 5) is 5.14. The maximum atomic E-state index is 5.54. The summed E-state index contributed by atoms with van der Waals surface area (Å²) in [7, 11) is 0. The van der Waals surface area contributed by atoms with E-state index in [4.69, 9.17) is 4.74 Å². The second kappa shape index (κ2) is 3.32. The molecular weight excluding hydrogens is 158 g/mol. The summed E-state index contributed by atoms with van der Waals surface area (Å²) in [6, 6.07) is 0. The van der Waals surface area contributed by atoms with Gasteiger partial charge in [-0.05, 0) is 20.8 Å². The van der Waals surface area contributed by atoms with E-state index in [0.29, 0.717) is 6.61 Å². The molecule has 0 saturated carbocycles. The molecule has 11 heavy (non-hydrogen) atoms. The lowest BCUT2D eigenvalue weighted by molar-refractivity contribution is -0.0137. The van der Waals surface area contributed by atoms with Gasteiger partial charge in [0.1, 0.15) is 0 Å². The van der Waals surface area contributed by atoms with Gasteiger partial charge in [0.25, 0.3) is 0 Å². The van der Waals surface area contributed by atoms with Crippen LogP contribution in [0.2, 0.25) is 0 Å². The van der Waals surface area contributed by atoms with Gasteiger partial charge in [-0.3, -0.25) is 4.98 Å². The van der Waals surface area contributed by atoms with Gasteiger partial charge in [-0.1, -0.05) is 0 Å². The van der Waals surface area contributed by atoms with Crippen LogP contribution in [-0.4, -0.2) is 10.6 Å². The monoisotopic (exact) mass is 171 g/mol. The fourth-order valence-corrected chi connectivity index (χ4v) is 1.11. The molecule has 1 heterocycles. The highest BCUT2D eigenvalue weighted by Crippen LogP contribution is 2.13. The van der Waals surface area contributed by atoms with Crippen LogP contribution < -0.4 is 0 Å². The minimum atomic E-state index is -0.0516. The quantitative estimate of drug-likeness (QED) is 0.682. The van der Waals surface area contributed by atoms with E-state index in [2.05, 4.69) is 4.98 Å². The molecule has 0 bridgehead atoms. The molecule has 0 spiro atoms. The van der Waals surface area contributed by atoms with Crippen molar-refractivity contribution in [2.75, 3.05) is 0 Å². The highest BCUT2D eigenvalue weighted by Gasteiger charge is 2.09. The van der Waals surface area contributed by atoms with E-state index in [1.165, 1.54) is 4.88 Å². The molecule has 1 rings (SSSR count). The minimum Gasteiger partial charge on any atom is -0.370 e. The van der Waals surface area contributed by atoms with Crippen LogP contribution >= 0.6 is 11.3 Å². The molecule has 62 valence electrons. The van der Waals surface area contributed by atoms with Crippen molar-refractivity contribution in [1.82, 2.24) is 4.98 Å². The lowest BCUT2D eigenvalue weighted by atomic mass is 10.2. The van der Waals surface area contributed by atoms with Crippen molar-refractivity contribution in [3.8, 4) is 0 Å². The van der Waals surface area contributed by atoms with E-state index in [9.17, 15) is 0 Å². The highest BCUT2D eigenvalue weighted by atomic mass is 32.1. The first-order valence-electron chi connectivity index (χ1n) is 3.59. The zero-order chi connectivity index (χ0) is 8.32. The van der Waals surface area contributed by atoms with E-state index in [1.807, 2.05) is 32.5 Å². The van der Waals surface area contributed by atoms with E-state index in [1.54, 1.807) is 11.3 Å². The highest BCUT2D eigenvalue weighted by molar-refractivity contribution is 7.09. The minimum absolute atomic E-state index is 0.0516. The Bertz CT molecular complexity index is 200. The first-order valence-corrected chi connectivity index (χ1v) is 4.47. The standard InChI is InChI=1S/C8H13NOS/c1-8(2,3)10-5-7-4-9-6-11-7/h4,6H,5H2,1-3H3. The van der Waals surface area contributed by atoms with Crippen molar-refractivity contribution in [2.45, 2.75) is 33.0 Å². The van der Waals surface area contributed by atoms with Crippen molar-refractivity contribution < 1.29 is 4.74 Å². The Labute approximate surface area is 71.2 Å². The summed E-state index contributed by atoms with van der Waals surface area (Å²) in [6.07, 6.45) is 1.84. The molecule has 0 radical (unpaired) electrons. The van der Waals surface area contributed by atoms with Gasteiger partial charge in [0, 0.05) is 6.20 Å². The zero-order valence-electron chi connectivity index (χ0n) is 7.13. The van der Waals surface area contributed by atoms with Gasteiger partial charge >= 0.3 is 0 Å². The molecule has 0 fully saturated rings. The maximum Gasteiger partial charge on any atom is 0.0832 e. The summed E-state index contributed by atoms with van der Waals surface area (Å²) < 4.78 is 5.54. The van der Waals surface area contributed by atoms with Gasteiger partial charge in [-0.15, -0.1) is 11.3 Å². The number of thiazole rings is 1. The van der Waals surface area contributed by atoms with Gasteiger partial charge in [0.05, 0.1) is 22.6 Å². The van der Waals surface area contributed by atoms with Crippen LogP contribution in [-0.2, 0) is 11.3 Å². The van der Waals surface area contributed by atoms with Crippen LogP contribution in [0.15, 0.2) is 11.7 Å². The lowest BCUT2D eigenvalue weighted by Crippen LogP contribution is -2.18. The first kappa shape index (κ1) is 8.68. The second-order valence-corrected chi connectivity index (χ2v) is 4.34. The fraction of sp³-hybridized carbons (Fsp3) is 0.625. The van der Waals surface area contributed by atoms with Crippen molar-refractivity contribution in [1.29, 1.82) is 0 Å². The Morgan fingerprint density at radius 2 is 2.27 bits per heavy atom. The maximum absolute atomic E-state index is 5.54. The van der Waals surface area contributed by atoms with E-state index in [0.717, 1.165) is 0 Å². The smallest absolute Gasteiger partial charge is 0.0832 e. The first-order chi connectivity index (χ1) is 5.08. The summed E-state index contributed by atoms with van der Waals surface area (Å²) in [5.74, 6) is 0. The molecule has 0 unspecified atom stereocenters. The van der Waals surface area contributed by atoms with Crippen LogP contribution in [0.3, 0.4) is 0 Å². The molecule has 3 heteroatoms. The molecule has 1 aromatic heterocycles. The molecule has 0 atom stereocenters. The van der Waals surface area contributed by atoms with Gasteiger partial charge in [-0.2, -0.15) is 0 Å². The number of ether oxygens (including phenoxy) is 1. The Balaban J connectivity index is 2.35. The van der Waals surface area contributed by atoms with Crippen LogP contribution in [0.1, 0.15) is 25.6 Å². The molecular formula is C8H13NOS. The number of hydrogen-bond donors (Lipinski definition) is 0. The number of rotatable bonds is 2. The van der Waals surface area contributed by atoms with Crippen LogP contribution in [0.5, 0.6) is 0 Å². The Hall–Kier alpha value is -0.410. The molecule has 0 saturated heterocycles. The number of hydrogen-bond acceptors (Lipinski definition) is 3. The van der Waals surface area contributed by atoms with Crippen LogP contribution in [0, 0.1) is 0 Å². The van der Waals surface area contributed by atoms with Crippen molar-refractivity contribution in [2.24, 2.45) is 0 Å². The Kier molecular flexibility index (Phi) is 2.62. The third-order valence-corrected chi connectivity index (χ3v) is 1.88. The molecule has 0 aromatic carbocycles. The average molecular weight is 171 g/mol. The number of aromatic nitrogens is 1. The van der Waals surface area contributed by atoms with Crippen LogP contribution in [0.25, 0.3) is 0 Å². The molecule has 2 nitrogen and oxygen atoms in total. The fourth-order valence-electron chi connectivity index (χ4n) is 0.601. The third-order valence-electron chi connectivity index (χ3n) is 1.13. The average Bonchev–Trinajstić information content (AvgIpc) is 2.32. The van der Waals surface area contributed by atoms with Gasteiger partial charge in [0.15, 0.2) is 0 Å². The second-order valence-electron chi connectivity index (χ2n) is 3.37. The summed E-state index contributed by atoms with van der Waals surface area (Å²) >= 11 is 1.63. The molecule has 0 aliphatic heterocycles. The van der Waals surface area contributed by atoms with Crippen LogP contribution in [0.4, 0.5) is 0 Å². The molecule has 1 aromatic rings. The van der Waals surface area contributed by atoms with Gasteiger partial charge in [-0.25, -0.2) is 0 Å². The van der Waals surface area contributed by atoms with Crippen molar-refractivity contribution in [3.05, 3.63) is 16.6 Å². The molecule has 0 aliphatic carbocycles. The predicted molar refractivity (Wildman–Crippen MR) is 46.7 cm³/mol. The molecule has 0 N–H and O–H groups in total. The zero-order valence-corrected chi connectivity index (χ0v) is 7.94. The molecule has 0 aliphatic rings. The predicted octanol–water partition coefficient (Wildman–Crippen LogP) is 2.46. The van der Waals surface area contributed by atoms with Gasteiger partial charge < -0.3 is 4.74 Å². The van der Waals surface area contributed by atoms with E-state index >= 15 is 0 Å². The topological polar surface area (TPSA) is 22.1 Å². The lowest BCUT2D eigenvalue weighted by Gasteiger charge is -2.18. The normalized spacial score (nSPS) is 11.9. The third kappa shape index (κ3) is 3.49. The number of nitrogens with zero attached hydrogens (tertiary/aromatic N) is 1. The summed E-state index contributed by atoms with van der Waals surface area (Å²) in [6.45, 7) is 6.82. The summed E-state index contributed by atoms with van der Waals surface area (Å²) in [5.41, 5.74) is 1.77.